The molecule has 0 saturated carbocycles. The van der Waals surface area contributed by atoms with Gasteiger partial charge in [-0.25, -0.2) is 9.67 Å². The third-order valence-electron chi connectivity index (χ3n) is 4.35. The lowest BCUT2D eigenvalue weighted by Crippen LogP contribution is -2.43. The largest absolute Gasteiger partial charge is 0.290 e. The molecule has 0 spiro atoms. The fourth-order valence-electron chi connectivity index (χ4n) is 2.92. The van der Waals surface area contributed by atoms with E-state index in [2.05, 4.69) is 25.9 Å². The average molecular weight is 388 g/mol. The molecule has 0 saturated heterocycles. The summed E-state index contributed by atoms with van der Waals surface area (Å²) in [5.41, 5.74) is 5.66. The number of nitrogens with one attached hydrogen (secondary N) is 2. The molecule has 9 heteroatoms. The number of para-hydroxylation sites is 2. The number of hydrogen-bond donors (Lipinski definition) is 2. The average Bonchev–Trinajstić information content (AvgIpc) is 2.77. The van der Waals surface area contributed by atoms with Gasteiger partial charge in [-0.15, -0.1) is 0 Å². The van der Waals surface area contributed by atoms with E-state index >= 15 is 0 Å². The van der Waals surface area contributed by atoms with Gasteiger partial charge in [0, 0.05) is 11.9 Å². The number of aryl methyl sites for hydroxylation is 1. The fraction of sp³-hybridized carbons (Fsp3) is 0.100. The molecule has 0 aliphatic heterocycles. The molecule has 0 aliphatic rings. The number of rotatable bonds is 3. The van der Waals surface area contributed by atoms with Gasteiger partial charge in [-0.3, -0.25) is 30.2 Å². The predicted octanol–water partition coefficient (Wildman–Crippen LogP) is 1.43. The highest BCUT2D eigenvalue weighted by molar-refractivity contribution is 6.05. The molecule has 4 rings (SSSR count). The highest BCUT2D eigenvalue weighted by Crippen LogP contribution is 2.13. The Morgan fingerprint density at radius 3 is 2.34 bits per heavy atom. The van der Waals surface area contributed by atoms with Crippen molar-refractivity contribution in [3.05, 3.63) is 76.5 Å². The maximum absolute atomic E-state index is 12.6. The van der Waals surface area contributed by atoms with E-state index in [1.54, 1.807) is 49.4 Å². The zero-order valence-corrected chi connectivity index (χ0v) is 15.4. The van der Waals surface area contributed by atoms with Crippen LogP contribution in [0.3, 0.4) is 0 Å². The van der Waals surface area contributed by atoms with Crippen LogP contribution < -0.4 is 16.4 Å². The zero-order chi connectivity index (χ0) is 20.4. The van der Waals surface area contributed by atoms with Gasteiger partial charge in [0.15, 0.2) is 5.69 Å². The summed E-state index contributed by atoms with van der Waals surface area (Å²) in [6.07, 6.45) is 1.33. The van der Waals surface area contributed by atoms with Gasteiger partial charge < -0.3 is 0 Å². The maximum atomic E-state index is 12.6. The minimum Gasteiger partial charge on any atom is -0.267 e. The summed E-state index contributed by atoms with van der Waals surface area (Å²) in [5.74, 6) is -1.27. The number of amides is 2. The van der Waals surface area contributed by atoms with Gasteiger partial charge in [-0.2, -0.15) is 5.10 Å². The molecule has 2 N–H and O–H groups in total. The lowest BCUT2D eigenvalue weighted by atomic mass is 10.1. The standard InChI is InChI=1S/C20H16N6O3/c1-2-26-20(29)13-8-4-3-7-12(13)17(25-26)19(28)24-23-18(27)16-11-21-14-9-5-6-10-15(14)22-16/h3-11H,2H2,1H3,(H,23,27)(H,24,28). The first kappa shape index (κ1) is 18.2. The summed E-state index contributed by atoms with van der Waals surface area (Å²) in [6, 6.07) is 13.8. The van der Waals surface area contributed by atoms with Crippen molar-refractivity contribution in [2.24, 2.45) is 0 Å². The van der Waals surface area contributed by atoms with Gasteiger partial charge in [0.1, 0.15) is 5.69 Å². The van der Waals surface area contributed by atoms with Crippen molar-refractivity contribution in [2.75, 3.05) is 0 Å². The maximum Gasteiger partial charge on any atom is 0.290 e. The number of aromatic nitrogens is 4. The molecule has 2 heterocycles. The Morgan fingerprint density at radius 2 is 1.59 bits per heavy atom. The lowest BCUT2D eigenvalue weighted by Gasteiger charge is -2.10. The van der Waals surface area contributed by atoms with Crippen molar-refractivity contribution in [1.82, 2.24) is 30.6 Å². The molecule has 9 nitrogen and oxygen atoms in total. The molecule has 4 aromatic rings. The quantitative estimate of drug-likeness (QED) is 0.513. The van der Waals surface area contributed by atoms with E-state index in [-0.39, 0.29) is 16.9 Å². The van der Waals surface area contributed by atoms with Crippen LogP contribution in [0.15, 0.2) is 59.5 Å². The molecule has 0 aliphatic carbocycles. The molecule has 2 aromatic heterocycles. The highest BCUT2D eigenvalue weighted by atomic mass is 16.2. The molecule has 2 amide bonds. The molecular formula is C20H16N6O3. The summed E-state index contributed by atoms with van der Waals surface area (Å²) in [6.45, 7) is 2.06. The SMILES string of the molecule is CCn1nc(C(=O)NNC(=O)c2cnc3ccccc3n2)c2ccccc2c1=O. The van der Waals surface area contributed by atoms with Crippen molar-refractivity contribution >= 4 is 33.6 Å². The molecule has 0 unspecified atom stereocenters. The summed E-state index contributed by atoms with van der Waals surface area (Å²) >= 11 is 0. The Balaban J connectivity index is 1.59. The Labute approximate surface area is 164 Å². The van der Waals surface area contributed by atoms with Crippen LogP contribution in [0.5, 0.6) is 0 Å². The lowest BCUT2D eigenvalue weighted by molar-refractivity contribution is 0.0841. The topological polar surface area (TPSA) is 119 Å². The number of hydrazine groups is 1. The number of benzene rings is 2. The number of fused-ring (bicyclic) bond motifs is 2. The van der Waals surface area contributed by atoms with Gasteiger partial charge in [0.25, 0.3) is 17.4 Å². The van der Waals surface area contributed by atoms with E-state index in [0.717, 1.165) is 0 Å². The van der Waals surface area contributed by atoms with E-state index in [1.807, 2.05) is 6.07 Å². The van der Waals surface area contributed by atoms with E-state index in [4.69, 9.17) is 0 Å². The van der Waals surface area contributed by atoms with Crippen LogP contribution in [0, 0.1) is 0 Å². The number of carbonyl (C=O) groups is 2. The molecular weight excluding hydrogens is 372 g/mol. The number of hydrogen-bond acceptors (Lipinski definition) is 6. The zero-order valence-electron chi connectivity index (χ0n) is 15.4. The molecule has 144 valence electrons. The molecule has 29 heavy (non-hydrogen) atoms. The summed E-state index contributed by atoms with van der Waals surface area (Å²) < 4.78 is 1.20. The predicted molar refractivity (Wildman–Crippen MR) is 106 cm³/mol. The second-order valence-electron chi connectivity index (χ2n) is 6.17. The van der Waals surface area contributed by atoms with Crippen LogP contribution in [0.2, 0.25) is 0 Å². The van der Waals surface area contributed by atoms with Crippen molar-refractivity contribution < 1.29 is 9.59 Å². The van der Waals surface area contributed by atoms with Crippen LogP contribution in [0.4, 0.5) is 0 Å². The number of nitrogens with zero attached hydrogens (tertiary/aromatic N) is 4. The molecule has 0 atom stereocenters. The van der Waals surface area contributed by atoms with Gasteiger partial charge in [0.05, 0.1) is 22.6 Å². The molecule has 0 radical (unpaired) electrons. The molecule has 0 bridgehead atoms. The normalized spacial score (nSPS) is 10.8. The van der Waals surface area contributed by atoms with Crippen LogP contribution in [-0.4, -0.2) is 31.6 Å². The van der Waals surface area contributed by atoms with E-state index < -0.39 is 11.8 Å². The smallest absolute Gasteiger partial charge is 0.267 e. The van der Waals surface area contributed by atoms with Crippen LogP contribution in [-0.2, 0) is 6.54 Å². The van der Waals surface area contributed by atoms with Crippen LogP contribution in [0.1, 0.15) is 27.9 Å². The van der Waals surface area contributed by atoms with Crippen LogP contribution in [0.25, 0.3) is 21.8 Å². The third kappa shape index (κ3) is 3.41. The number of carbonyl (C=O) groups excluding carboxylic acids is 2. The van der Waals surface area contributed by atoms with Crippen molar-refractivity contribution in [1.29, 1.82) is 0 Å². The first-order chi connectivity index (χ1) is 14.1. The summed E-state index contributed by atoms with van der Waals surface area (Å²) in [5, 5.41) is 4.90. The fourth-order valence-corrected chi connectivity index (χ4v) is 2.92. The van der Waals surface area contributed by atoms with E-state index in [1.165, 1.54) is 10.9 Å². The Bertz CT molecular complexity index is 1310. The van der Waals surface area contributed by atoms with Crippen LogP contribution >= 0.6 is 0 Å². The first-order valence-corrected chi connectivity index (χ1v) is 8.91. The van der Waals surface area contributed by atoms with E-state index in [0.29, 0.717) is 28.4 Å². The second-order valence-corrected chi connectivity index (χ2v) is 6.17. The van der Waals surface area contributed by atoms with Crippen molar-refractivity contribution in [2.45, 2.75) is 13.5 Å². The first-order valence-electron chi connectivity index (χ1n) is 8.91. The highest BCUT2D eigenvalue weighted by Gasteiger charge is 2.17. The monoisotopic (exact) mass is 388 g/mol. The Kier molecular flexibility index (Phi) is 4.70. The van der Waals surface area contributed by atoms with Gasteiger partial charge in [0.2, 0.25) is 0 Å². The van der Waals surface area contributed by atoms with Gasteiger partial charge in [-0.05, 0) is 25.1 Å². The minimum absolute atomic E-state index is 0.0342. The molecule has 0 fully saturated rings. The van der Waals surface area contributed by atoms with Gasteiger partial charge in [-0.1, -0.05) is 30.3 Å². The third-order valence-corrected chi connectivity index (χ3v) is 4.35. The Morgan fingerprint density at radius 1 is 0.931 bits per heavy atom. The molecule has 2 aromatic carbocycles. The second kappa shape index (κ2) is 7.47. The van der Waals surface area contributed by atoms with Gasteiger partial charge >= 0.3 is 0 Å². The van der Waals surface area contributed by atoms with Crippen molar-refractivity contribution in [3.8, 4) is 0 Å². The minimum atomic E-state index is -0.648. The Hall–Kier alpha value is -4.14. The van der Waals surface area contributed by atoms with E-state index in [9.17, 15) is 14.4 Å². The van der Waals surface area contributed by atoms with Crippen molar-refractivity contribution in [3.63, 3.8) is 0 Å². The summed E-state index contributed by atoms with van der Waals surface area (Å²) in [4.78, 5) is 45.8. The summed E-state index contributed by atoms with van der Waals surface area (Å²) in [7, 11) is 0.